The molecule has 1 saturated carbocycles. The molecule has 0 heterocycles. The van der Waals surface area contributed by atoms with Gasteiger partial charge in [-0.1, -0.05) is 6.07 Å². The summed E-state index contributed by atoms with van der Waals surface area (Å²) in [5, 5.41) is 11.9. The minimum absolute atomic E-state index is 0.0282. The number of aromatic carboxylic acids is 1. The standard InChI is InChI=1S/C13H14BrNO4/c1-7(12(16)15-8-5-6-8)19-11-9(13(17)18)3-2-4-10(11)14/h2-4,7-8H,5-6H2,1H3,(H,15,16)(H,17,18). The predicted molar refractivity (Wildman–Crippen MR) is 72.4 cm³/mol. The first-order valence-corrected chi connectivity index (χ1v) is 6.77. The van der Waals surface area contributed by atoms with Crippen LogP contribution in [-0.2, 0) is 4.79 Å². The van der Waals surface area contributed by atoms with Gasteiger partial charge in [-0.2, -0.15) is 0 Å². The highest BCUT2D eigenvalue weighted by Gasteiger charge is 2.27. The third-order valence-electron chi connectivity index (χ3n) is 2.78. The lowest BCUT2D eigenvalue weighted by Crippen LogP contribution is -2.37. The van der Waals surface area contributed by atoms with Crippen molar-refractivity contribution in [1.29, 1.82) is 0 Å². The summed E-state index contributed by atoms with van der Waals surface area (Å²) in [7, 11) is 0. The second kappa shape index (κ2) is 5.61. The van der Waals surface area contributed by atoms with Gasteiger partial charge in [-0.3, -0.25) is 4.79 Å². The fourth-order valence-electron chi connectivity index (χ4n) is 1.57. The van der Waals surface area contributed by atoms with Crippen LogP contribution in [-0.4, -0.2) is 29.1 Å². The highest BCUT2D eigenvalue weighted by Crippen LogP contribution is 2.30. The molecule has 1 aromatic carbocycles. The molecule has 0 aliphatic heterocycles. The van der Waals surface area contributed by atoms with E-state index in [1.807, 2.05) is 0 Å². The molecule has 5 nitrogen and oxygen atoms in total. The minimum atomic E-state index is -1.09. The zero-order chi connectivity index (χ0) is 14.0. The van der Waals surface area contributed by atoms with Gasteiger partial charge in [0.05, 0.1) is 4.47 Å². The molecule has 1 fully saturated rings. The zero-order valence-corrected chi connectivity index (χ0v) is 11.9. The molecule has 0 saturated heterocycles. The van der Waals surface area contributed by atoms with E-state index in [0.717, 1.165) is 12.8 Å². The first-order valence-electron chi connectivity index (χ1n) is 5.98. The smallest absolute Gasteiger partial charge is 0.339 e. The molecule has 6 heteroatoms. The normalized spacial score (nSPS) is 15.7. The summed E-state index contributed by atoms with van der Waals surface area (Å²) in [6, 6.07) is 4.97. The van der Waals surface area contributed by atoms with Gasteiger partial charge in [0.1, 0.15) is 11.3 Å². The van der Waals surface area contributed by atoms with Crippen LogP contribution in [0.3, 0.4) is 0 Å². The fourth-order valence-corrected chi connectivity index (χ4v) is 2.03. The molecule has 1 aliphatic carbocycles. The number of amides is 1. The van der Waals surface area contributed by atoms with Crippen LogP contribution in [0.5, 0.6) is 5.75 Å². The van der Waals surface area contributed by atoms with Crippen LogP contribution in [0.15, 0.2) is 22.7 Å². The van der Waals surface area contributed by atoms with Gasteiger partial charge in [0.25, 0.3) is 5.91 Å². The Hall–Kier alpha value is -1.56. The van der Waals surface area contributed by atoms with Crippen molar-refractivity contribution in [2.75, 3.05) is 0 Å². The molecule has 1 atom stereocenters. The maximum Gasteiger partial charge on any atom is 0.339 e. The molecule has 1 aromatic rings. The number of para-hydroxylation sites is 1. The van der Waals surface area contributed by atoms with E-state index in [1.165, 1.54) is 6.07 Å². The molecule has 1 amide bonds. The molecule has 1 unspecified atom stereocenters. The Balaban J connectivity index is 2.12. The lowest BCUT2D eigenvalue weighted by molar-refractivity contribution is -0.127. The summed E-state index contributed by atoms with van der Waals surface area (Å²) in [6.07, 6.45) is 1.25. The van der Waals surface area contributed by atoms with Crippen molar-refractivity contribution in [2.24, 2.45) is 0 Å². The molecule has 102 valence electrons. The maximum absolute atomic E-state index is 11.8. The van der Waals surface area contributed by atoms with E-state index in [1.54, 1.807) is 19.1 Å². The number of ether oxygens (including phenoxy) is 1. The number of carbonyl (C=O) groups is 2. The largest absolute Gasteiger partial charge is 0.479 e. The molecule has 1 aliphatic rings. The van der Waals surface area contributed by atoms with E-state index in [0.29, 0.717) is 4.47 Å². The molecule has 19 heavy (non-hydrogen) atoms. The van der Waals surface area contributed by atoms with Crippen LogP contribution in [0.1, 0.15) is 30.1 Å². The van der Waals surface area contributed by atoms with E-state index < -0.39 is 12.1 Å². The van der Waals surface area contributed by atoms with Crippen LogP contribution >= 0.6 is 15.9 Å². The van der Waals surface area contributed by atoms with E-state index in [-0.39, 0.29) is 23.3 Å². The molecule has 0 spiro atoms. The summed E-state index contributed by atoms with van der Waals surface area (Å²) >= 11 is 3.24. The Bertz CT molecular complexity index is 513. The number of nitrogens with one attached hydrogen (secondary N) is 1. The number of benzene rings is 1. The molecular weight excluding hydrogens is 314 g/mol. The monoisotopic (exact) mass is 327 g/mol. The van der Waals surface area contributed by atoms with Crippen molar-refractivity contribution >= 4 is 27.8 Å². The predicted octanol–water partition coefficient (Wildman–Crippen LogP) is 2.19. The number of hydrogen-bond donors (Lipinski definition) is 2. The van der Waals surface area contributed by atoms with Crippen LogP contribution in [0.4, 0.5) is 0 Å². The van der Waals surface area contributed by atoms with E-state index in [4.69, 9.17) is 9.84 Å². The van der Waals surface area contributed by atoms with Crippen molar-refractivity contribution in [2.45, 2.75) is 31.9 Å². The van der Waals surface area contributed by atoms with E-state index in [9.17, 15) is 9.59 Å². The van der Waals surface area contributed by atoms with E-state index in [2.05, 4.69) is 21.2 Å². The highest BCUT2D eigenvalue weighted by atomic mass is 79.9. The van der Waals surface area contributed by atoms with Gasteiger partial charge < -0.3 is 15.2 Å². The molecular formula is C13H14BrNO4. The first kappa shape index (κ1) is 13.9. The summed E-state index contributed by atoms with van der Waals surface area (Å²) in [4.78, 5) is 22.9. The van der Waals surface area contributed by atoms with Crippen LogP contribution in [0.2, 0.25) is 0 Å². The third-order valence-corrected chi connectivity index (χ3v) is 3.41. The number of rotatable bonds is 5. The van der Waals surface area contributed by atoms with Gasteiger partial charge in [-0.25, -0.2) is 4.79 Å². The Morgan fingerprint density at radius 2 is 2.16 bits per heavy atom. The molecule has 0 radical (unpaired) electrons. The lowest BCUT2D eigenvalue weighted by atomic mass is 10.2. The Morgan fingerprint density at radius 1 is 1.47 bits per heavy atom. The second-order valence-corrected chi connectivity index (χ2v) is 5.32. The minimum Gasteiger partial charge on any atom is -0.479 e. The quantitative estimate of drug-likeness (QED) is 0.869. The topological polar surface area (TPSA) is 75.6 Å². The maximum atomic E-state index is 11.8. The second-order valence-electron chi connectivity index (χ2n) is 4.46. The summed E-state index contributed by atoms with van der Waals surface area (Å²) in [5.74, 6) is -1.14. The Labute approximate surface area is 119 Å². The third kappa shape index (κ3) is 3.47. The number of carboxylic acids is 1. The number of carbonyl (C=O) groups excluding carboxylic acids is 1. The van der Waals surface area contributed by atoms with Gasteiger partial charge in [-0.15, -0.1) is 0 Å². The first-order chi connectivity index (χ1) is 8.99. The summed E-state index contributed by atoms with van der Waals surface area (Å²) in [5.41, 5.74) is 0.0282. The van der Waals surface area contributed by atoms with Gasteiger partial charge >= 0.3 is 5.97 Å². The Morgan fingerprint density at radius 3 is 2.74 bits per heavy atom. The summed E-state index contributed by atoms with van der Waals surface area (Å²) < 4.78 is 6.00. The summed E-state index contributed by atoms with van der Waals surface area (Å²) in [6.45, 7) is 1.60. The Kier molecular flexibility index (Phi) is 4.09. The fraction of sp³-hybridized carbons (Fsp3) is 0.385. The highest BCUT2D eigenvalue weighted by molar-refractivity contribution is 9.10. The van der Waals surface area contributed by atoms with Gasteiger partial charge in [0.2, 0.25) is 0 Å². The van der Waals surface area contributed by atoms with E-state index >= 15 is 0 Å². The molecule has 0 aromatic heterocycles. The van der Waals surface area contributed by atoms with Gasteiger partial charge in [0.15, 0.2) is 6.10 Å². The molecule has 2 N–H and O–H groups in total. The van der Waals surface area contributed by atoms with Crippen LogP contribution < -0.4 is 10.1 Å². The lowest BCUT2D eigenvalue weighted by Gasteiger charge is -2.17. The number of halogens is 1. The van der Waals surface area contributed by atoms with Gasteiger partial charge in [-0.05, 0) is 47.8 Å². The van der Waals surface area contributed by atoms with Crippen molar-refractivity contribution in [3.05, 3.63) is 28.2 Å². The van der Waals surface area contributed by atoms with Gasteiger partial charge in [0, 0.05) is 6.04 Å². The zero-order valence-electron chi connectivity index (χ0n) is 10.4. The molecule has 2 rings (SSSR count). The number of hydrogen-bond acceptors (Lipinski definition) is 3. The van der Waals surface area contributed by atoms with Crippen molar-refractivity contribution in [3.63, 3.8) is 0 Å². The molecule has 0 bridgehead atoms. The SMILES string of the molecule is CC(Oc1c(Br)cccc1C(=O)O)C(=O)NC1CC1. The average molecular weight is 328 g/mol. The van der Waals surface area contributed by atoms with Crippen molar-refractivity contribution in [1.82, 2.24) is 5.32 Å². The van der Waals surface area contributed by atoms with Crippen LogP contribution in [0.25, 0.3) is 0 Å². The van der Waals surface area contributed by atoms with Crippen molar-refractivity contribution < 1.29 is 19.4 Å². The van der Waals surface area contributed by atoms with Crippen molar-refractivity contribution in [3.8, 4) is 5.75 Å². The number of carboxylic acid groups (broad SMARTS) is 1. The average Bonchev–Trinajstić information content (AvgIpc) is 3.15. The van der Waals surface area contributed by atoms with Crippen LogP contribution in [0, 0.1) is 0 Å².